The molecule has 0 bridgehead atoms. The lowest BCUT2D eigenvalue weighted by atomic mass is 10.1. The second kappa shape index (κ2) is 6.77. The first-order valence-electron chi connectivity index (χ1n) is 6.31. The molecule has 0 N–H and O–H groups in total. The third kappa shape index (κ3) is 3.27. The number of ether oxygens (including phenoxy) is 1. The highest BCUT2D eigenvalue weighted by Crippen LogP contribution is 2.27. The van der Waals surface area contributed by atoms with Crippen molar-refractivity contribution in [3.05, 3.63) is 39.7 Å². The molecule has 0 spiro atoms. The zero-order chi connectivity index (χ0) is 15.4. The van der Waals surface area contributed by atoms with Gasteiger partial charge in [-0.1, -0.05) is 22.0 Å². The molecule has 1 heterocycles. The van der Waals surface area contributed by atoms with Gasteiger partial charge in [0.15, 0.2) is 5.82 Å². The Morgan fingerprint density at radius 3 is 2.81 bits per heavy atom. The maximum Gasteiger partial charge on any atom is 0.270 e. The minimum atomic E-state index is -0.412. The molecule has 2 rings (SSSR count). The molecule has 21 heavy (non-hydrogen) atoms. The van der Waals surface area contributed by atoms with Crippen LogP contribution in [0, 0.1) is 17.0 Å². The van der Waals surface area contributed by atoms with E-state index >= 15 is 0 Å². The number of alkyl halides is 1. The Balaban J connectivity index is 2.53. The zero-order valence-electron chi connectivity index (χ0n) is 11.7. The molecule has 7 nitrogen and oxygen atoms in total. The molecular formula is C13H15BrN4O3. The minimum Gasteiger partial charge on any atom is -0.383 e. The zero-order valence-corrected chi connectivity index (χ0v) is 13.3. The highest BCUT2D eigenvalue weighted by atomic mass is 79.9. The predicted octanol–water partition coefficient (Wildman–Crippen LogP) is 2.70. The average Bonchev–Trinajstić information content (AvgIpc) is 2.87. The molecule has 8 heteroatoms. The number of halogens is 1. The van der Waals surface area contributed by atoms with Crippen molar-refractivity contribution in [1.29, 1.82) is 0 Å². The summed E-state index contributed by atoms with van der Waals surface area (Å²) in [5, 5.41) is 19.8. The van der Waals surface area contributed by atoms with Gasteiger partial charge in [0.2, 0.25) is 0 Å². The SMILES string of the molecule is COCCn1c(CBr)nnc1-c1cc([N+](=O)[O-])ccc1C. The van der Waals surface area contributed by atoms with Gasteiger partial charge in [-0.15, -0.1) is 10.2 Å². The lowest BCUT2D eigenvalue weighted by molar-refractivity contribution is -0.384. The Hall–Kier alpha value is -1.80. The van der Waals surface area contributed by atoms with E-state index < -0.39 is 4.92 Å². The number of rotatable bonds is 6. The fraction of sp³-hybridized carbons (Fsp3) is 0.385. The van der Waals surface area contributed by atoms with Gasteiger partial charge in [-0.3, -0.25) is 10.1 Å². The number of hydrogen-bond acceptors (Lipinski definition) is 5. The summed E-state index contributed by atoms with van der Waals surface area (Å²) in [6.07, 6.45) is 0. The number of nitrogens with zero attached hydrogens (tertiary/aromatic N) is 4. The van der Waals surface area contributed by atoms with Crippen molar-refractivity contribution in [2.75, 3.05) is 13.7 Å². The third-order valence-electron chi connectivity index (χ3n) is 3.14. The molecule has 0 amide bonds. The van der Waals surface area contributed by atoms with E-state index in [4.69, 9.17) is 4.74 Å². The van der Waals surface area contributed by atoms with Gasteiger partial charge in [-0.2, -0.15) is 0 Å². The normalized spacial score (nSPS) is 10.8. The van der Waals surface area contributed by atoms with Crippen molar-refractivity contribution < 1.29 is 9.66 Å². The molecule has 0 aliphatic carbocycles. The smallest absolute Gasteiger partial charge is 0.270 e. The van der Waals surface area contributed by atoms with Crippen LogP contribution < -0.4 is 0 Å². The summed E-state index contributed by atoms with van der Waals surface area (Å²) >= 11 is 3.37. The van der Waals surface area contributed by atoms with Gasteiger partial charge < -0.3 is 9.30 Å². The van der Waals surface area contributed by atoms with Crippen molar-refractivity contribution in [3.63, 3.8) is 0 Å². The van der Waals surface area contributed by atoms with Gasteiger partial charge >= 0.3 is 0 Å². The van der Waals surface area contributed by atoms with Crippen LogP contribution in [0.4, 0.5) is 5.69 Å². The van der Waals surface area contributed by atoms with E-state index in [1.54, 1.807) is 13.2 Å². The Labute approximate surface area is 130 Å². The van der Waals surface area contributed by atoms with E-state index in [1.807, 2.05) is 11.5 Å². The minimum absolute atomic E-state index is 0.0392. The molecule has 0 atom stereocenters. The number of benzene rings is 1. The van der Waals surface area contributed by atoms with Crippen molar-refractivity contribution in [3.8, 4) is 11.4 Å². The molecule has 112 valence electrons. The Morgan fingerprint density at radius 1 is 1.43 bits per heavy atom. The Bertz CT molecular complexity index is 657. The number of hydrogen-bond donors (Lipinski definition) is 0. The maximum atomic E-state index is 10.9. The number of methoxy groups -OCH3 is 1. The van der Waals surface area contributed by atoms with E-state index in [2.05, 4.69) is 26.1 Å². The molecule has 2 aromatic rings. The molecule has 0 saturated carbocycles. The first-order valence-corrected chi connectivity index (χ1v) is 7.43. The highest BCUT2D eigenvalue weighted by molar-refractivity contribution is 9.08. The van der Waals surface area contributed by atoms with E-state index in [9.17, 15) is 10.1 Å². The fourth-order valence-electron chi connectivity index (χ4n) is 2.02. The van der Waals surface area contributed by atoms with Crippen LogP contribution in [0.3, 0.4) is 0 Å². The number of non-ortho nitro benzene ring substituents is 1. The first-order chi connectivity index (χ1) is 10.1. The summed E-state index contributed by atoms with van der Waals surface area (Å²) in [6.45, 7) is 2.99. The molecule has 1 aromatic heterocycles. The van der Waals surface area contributed by atoms with Crippen LogP contribution >= 0.6 is 15.9 Å². The number of nitro benzene ring substituents is 1. The van der Waals surface area contributed by atoms with Crippen LogP contribution in [0.25, 0.3) is 11.4 Å². The summed E-state index contributed by atoms with van der Waals surface area (Å²) < 4.78 is 7.00. The molecule has 1 aromatic carbocycles. The van der Waals surface area contributed by atoms with Gasteiger partial charge in [0.1, 0.15) is 5.82 Å². The maximum absolute atomic E-state index is 10.9. The van der Waals surface area contributed by atoms with Crippen LogP contribution in [0.2, 0.25) is 0 Å². The number of aromatic nitrogens is 3. The summed E-state index contributed by atoms with van der Waals surface area (Å²) in [5.74, 6) is 1.37. The van der Waals surface area contributed by atoms with E-state index in [0.717, 1.165) is 11.4 Å². The second-order valence-corrected chi connectivity index (χ2v) is 5.03. The standard InChI is InChI=1S/C13H15BrN4O3/c1-9-3-4-10(18(19)20)7-11(9)13-16-15-12(8-14)17(13)5-6-21-2/h3-4,7H,5-6,8H2,1-2H3. The predicted molar refractivity (Wildman–Crippen MR) is 81.4 cm³/mol. The fourth-order valence-corrected chi connectivity index (χ4v) is 2.43. The van der Waals surface area contributed by atoms with Gasteiger partial charge in [0, 0.05) is 31.4 Å². The van der Waals surface area contributed by atoms with Crippen molar-refractivity contribution in [2.45, 2.75) is 18.8 Å². The number of nitro groups is 1. The first kappa shape index (κ1) is 15.6. The Morgan fingerprint density at radius 2 is 2.19 bits per heavy atom. The van der Waals surface area contributed by atoms with E-state index in [-0.39, 0.29) is 5.69 Å². The lowest BCUT2D eigenvalue weighted by Gasteiger charge is -2.10. The van der Waals surface area contributed by atoms with Crippen molar-refractivity contribution in [2.24, 2.45) is 0 Å². The topological polar surface area (TPSA) is 83.1 Å². The summed E-state index contributed by atoms with van der Waals surface area (Å²) in [5.41, 5.74) is 1.66. The highest BCUT2D eigenvalue weighted by Gasteiger charge is 2.17. The van der Waals surface area contributed by atoms with Gasteiger partial charge in [-0.25, -0.2) is 0 Å². The molecule has 0 saturated heterocycles. The quantitative estimate of drug-likeness (QED) is 0.452. The molecular weight excluding hydrogens is 340 g/mol. The van der Waals surface area contributed by atoms with Crippen LogP contribution in [-0.4, -0.2) is 33.4 Å². The van der Waals surface area contributed by atoms with Gasteiger partial charge in [0.05, 0.1) is 16.9 Å². The molecule has 0 radical (unpaired) electrons. The van der Waals surface area contributed by atoms with Gasteiger partial charge in [-0.05, 0) is 12.5 Å². The monoisotopic (exact) mass is 354 g/mol. The van der Waals surface area contributed by atoms with Crippen LogP contribution in [0.1, 0.15) is 11.4 Å². The summed E-state index contributed by atoms with van der Waals surface area (Å²) in [7, 11) is 1.62. The van der Waals surface area contributed by atoms with Crippen LogP contribution in [0.15, 0.2) is 18.2 Å². The van der Waals surface area contributed by atoms with Crippen LogP contribution in [-0.2, 0) is 16.6 Å². The largest absolute Gasteiger partial charge is 0.383 e. The molecule has 0 fully saturated rings. The Kier molecular flexibility index (Phi) is 5.03. The van der Waals surface area contributed by atoms with Crippen LogP contribution in [0.5, 0.6) is 0 Å². The van der Waals surface area contributed by atoms with Gasteiger partial charge in [0.25, 0.3) is 5.69 Å². The molecule has 0 unspecified atom stereocenters. The molecule has 0 aliphatic heterocycles. The average molecular weight is 355 g/mol. The number of aryl methyl sites for hydroxylation is 1. The van der Waals surface area contributed by atoms with E-state index in [1.165, 1.54) is 12.1 Å². The third-order valence-corrected chi connectivity index (χ3v) is 3.64. The lowest BCUT2D eigenvalue weighted by Crippen LogP contribution is -2.09. The van der Waals surface area contributed by atoms with Crippen molar-refractivity contribution in [1.82, 2.24) is 14.8 Å². The second-order valence-electron chi connectivity index (χ2n) is 4.47. The molecule has 0 aliphatic rings. The summed E-state index contributed by atoms with van der Waals surface area (Å²) in [6, 6.07) is 4.73. The van der Waals surface area contributed by atoms with E-state index in [0.29, 0.717) is 29.9 Å². The van der Waals surface area contributed by atoms with Crippen molar-refractivity contribution >= 4 is 21.6 Å². The summed E-state index contributed by atoms with van der Waals surface area (Å²) in [4.78, 5) is 10.5.